The van der Waals surface area contributed by atoms with Gasteiger partial charge in [0.2, 0.25) is 0 Å². The second-order valence-electron chi connectivity index (χ2n) is 4.93. The number of carbonyl (C=O) groups excluding carboxylic acids is 1. The monoisotopic (exact) mass is 267 g/mol. The predicted molar refractivity (Wildman–Crippen MR) is 78.7 cm³/mol. The molecule has 2 aromatic rings. The molecule has 1 N–H and O–H groups in total. The fraction of sp³-hybridized carbons (Fsp3) is 0.250. The SMILES string of the molecule is CNc1ccnc(C(=O)N2CCc3ccccc3C2)c1. The number of fused-ring (bicyclic) bond motifs is 1. The van der Waals surface area contributed by atoms with Crippen LogP contribution in [0, 0.1) is 0 Å². The van der Waals surface area contributed by atoms with Gasteiger partial charge in [0.25, 0.3) is 5.91 Å². The fourth-order valence-electron chi connectivity index (χ4n) is 2.53. The second-order valence-corrected chi connectivity index (χ2v) is 4.93. The van der Waals surface area contributed by atoms with E-state index in [4.69, 9.17) is 0 Å². The molecule has 102 valence electrons. The normalized spacial score (nSPS) is 13.8. The standard InChI is InChI=1S/C16H17N3O/c1-17-14-6-8-18-15(10-14)16(20)19-9-7-12-4-2-3-5-13(12)11-19/h2-6,8,10H,7,9,11H2,1H3,(H,17,18). The van der Waals surface area contributed by atoms with Gasteiger partial charge in [-0.15, -0.1) is 0 Å². The molecule has 1 aliphatic heterocycles. The van der Waals surface area contributed by atoms with Crippen molar-refractivity contribution >= 4 is 11.6 Å². The minimum absolute atomic E-state index is 0.00315. The quantitative estimate of drug-likeness (QED) is 0.908. The Morgan fingerprint density at radius 3 is 2.85 bits per heavy atom. The summed E-state index contributed by atoms with van der Waals surface area (Å²) in [6.07, 6.45) is 2.57. The molecule has 0 radical (unpaired) electrons. The Labute approximate surface area is 118 Å². The predicted octanol–water partition coefficient (Wildman–Crippen LogP) is 2.32. The van der Waals surface area contributed by atoms with Gasteiger partial charge in [-0.3, -0.25) is 9.78 Å². The van der Waals surface area contributed by atoms with Crippen molar-refractivity contribution in [1.29, 1.82) is 0 Å². The highest BCUT2D eigenvalue weighted by molar-refractivity contribution is 5.93. The Morgan fingerprint density at radius 1 is 1.25 bits per heavy atom. The van der Waals surface area contributed by atoms with Gasteiger partial charge in [0.15, 0.2) is 0 Å². The number of hydrogen-bond donors (Lipinski definition) is 1. The van der Waals surface area contributed by atoms with Crippen LogP contribution in [0.25, 0.3) is 0 Å². The van der Waals surface area contributed by atoms with Gasteiger partial charge in [-0.05, 0) is 29.7 Å². The topological polar surface area (TPSA) is 45.2 Å². The zero-order chi connectivity index (χ0) is 13.9. The van der Waals surface area contributed by atoms with Crippen molar-refractivity contribution in [1.82, 2.24) is 9.88 Å². The minimum atomic E-state index is -0.00315. The molecular weight excluding hydrogens is 250 g/mol. The number of rotatable bonds is 2. The summed E-state index contributed by atoms with van der Waals surface area (Å²) in [6.45, 7) is 1.42. The number of amides is 1. The van der Waals surface area contributed by atoms with Gasteiger partial charge in [-0.2, -0.15) is 0 Å². The lowest BCUT2D eigenvalue weighted by molar-refractivity contribution is 0.0729. The van der Waals surface area contributed by atoms with Gasteiger partial charge >= 0.3 is 0 Å². The van der Waals surface area contributed by atoms with Crippen LogP contribution < -0.4 is 5.32 Å². The van der Waals surface area contributed by atoms with Crippen molar-refractivity contribution in [2.75, 3.05) is 18.9 Å². The van der Waals surface area contributed by atoms with E-state index in [1.165, 1.54) is 11.1 Å². The summed E-state index contributed by atoms with van der Waals surface area (Å²) in [5, 5.41) is 3.03. The van der Waals surface area contributed by atoms with Crippen LogP contribution in [0.3, 0.4) is 0 Å². The van der Waals surface area contributed by atoms with Crippen LogP contribution in [0.5, 0.6) is 0 Å². The van der Waals surface area contributed by atoms with E-state index in [0.29, 0.717) is 12.2 Å². The number of carbonyl (C=O) groups is 1. The molecule has 0 saturated heterocycles. The highest BCUT2D eigenvalue weighted by atomic mass is 16.2. The van der Waals surface area contributed by atoms with E-state index in [-0.39, 0.29) is 5.91 Å². The third-order valence-electron chi connectivity index (χ3n) is 3.69. The molecular formula is C16H17N3O. The molecule has 0 atom stereocenters. The number of hydrogen-bond acceptors (Lipinski definition) is 3. The largest absolute Gasteiger partial charge is 0.388 e. The first-order valence-corrected chi connectivity index (χ1v) is 6.78. The summed E-state index contributed by atoms with van der Waals surface area (Å²) in [5.41, 5.74) is 3.97. The number of nitrogens with one attached hydrogen (secondary N) is 1. The maximum atomic E-state index is 12.5. The first-order chi connectivity index (χ1) is 9.78. The molecule has 0 bridgehead atoms. The average molecular weight is 267 g/mol. The molecule has 1 aromatic carbocycles. The highest BCUT2D eigenvalue weighted by Crippen LogP contribution is 2.20. The lowest BCUT2D eigenvalue weighted by atomic mass is 10.00. The van der Waals surface area contributed by atoms with Crippen LogP contribution in [-0.4, -0.2) is 29.4 Å². The summed E-state index contributed by atoms with van der Waals surface area (Å²) >= 11 is 0. The van der Waals surface area contributed by atoms with E-state index < -0.39 is 0 Å². The average Bonchev–Trinajstić information content (AvgIpc) is 2.53. The van der Waals surface area contributed by atoms with Gasteiger partial charge in [-0.25, -0.2) is 0 Å². The summed E-state index contributed by atoms with van der Waals surface area (Å²) in [4.78, 5) is 18.6. The molecule has 3 rings (SSSR count). The van der Waals surface area contributed by atoms with Gasteiger partial charge in [-0.1, -0.05) is 24.3 Å². The fourth-order valence-corrected chi connectivity index (χ4v) is 2.53. The van der Waals surface area contributed by atoms with E-state index in [0.717, 1.165) is 18.7 Å². The van der Waals surface area contributed by atoms with Crippen molar-refractivity contribution in [3.05, 3.63) is 59.4 Å². The van der Waals surface area contributed by atoms with E-state index in [2.05, 4.69) is 22.4 Å². The molecule has 1 aliphatic rings. The molecule has 0 aliphatic carbocycles. The second kappa shape index (κ2) is 5.33. The van der Waals surface area contributed by atoms with Gasteiger partial charge in [0, 0.05) is 32.0 Å². The maximum absolute atomic E-state index is 12.5. The molecule has 20 heavy (non-hydrogen) atoms. The van der Waals surface area contributed by atoms with Crippen molar-refractivity contribution in [3.63, 3.8) is 0 Å². The number of anilines is 1. The summed E-state index contributed by atoms with van der Waals surface area (Å²) in [6, 6.07) is 11.9. The van der Waals surface area contributed by atoms with Crippen molar-refractivity contribution in [2.45, 2.75) is 13.0 Å². The molecule has 1 aromatic heterocycles. The third kappa shape index (κ3) is 2.37. The van der Waals surface area contributed by atoms with Crippen LogP contribution in [0.4, 0.5) is 5.69 Å². The third-order valence-corrected chi connectivity index (χ3v) is 3.69. The molecule has 0 saturated carbocycles. The number of aromatic nitrogens is 1. The molecule has 1 amide bonds. The number of benzene rings is 1. The van der Waals surface area contributed by atoms with E-state index in [9.17, 15) is 4.79 Å². The maximum Gasteiger partial charge on any atom is 0.272 e. The Balaban J connectivity index is 1.82. The van der Waals surface area contributed by atoms with Crippen LogP contribution in [0.1, 0.15) is 21.6 Å². The van der Waals surface area contributed by atoms with Crippen LogP contribution in [-0.2, 0) is 13.0 Å². The van der Waals surface area contributed by atoms with E-state index >= 15 is 0 Å². The van der Waals surface area contributed by atoms with Crippen LogP contribution in [0.15, 0.2) is 42.6 Å². The molecule has 4 nitrogen and oxygen atoms in total. The van der Waals surface area contributed by atoms with Crippen LogP contribution >= 0.6 is 0 Å². The number of pyridine rings is 1. The first kappa shape index (κ1) is 12.7. The summed E-state index contributed by atoms with van der Waals surface area (Å²) in [5.74, 6) is -0.00315. The highest BCUT2D eigenvalue weighted by Gasteiger charge is 2.22. The molecule has 2 heterocycles. The van der Waals surface area contributed by atoms with E-state index in [1.54, 1.807) is 12.3 Å². The smallest absolute Gasteiger partial charge is 0.272 e. The van der Waals surface area contributed by atoms with Crippen molar-refractivity contribution < 1.29 is 4.79 Å². The van der Waals surface area contributed by atoms with E-state index in [1.807, 2.05) is 30.1 Å². The first-order valence-electron chi connectivity index (χ1n) is 6.78. The zero-order valence-corrected chi connectivity index (χ0v) is 11.5. The molecule has 0 unspecified atom stereocenters. The van der Waals surface area contributed by atoms with Crippen molar-refractivity contribution in [2.24, 2.45) is 0 Å². The molecule has 4 heteroatoms. The molecule has 0 fully saturated rings. The van der Waals surface area contributed by atoms with Crippen molar-refractivity contribution in [3.8, 4) is 0 Å². The lowest BCUT2D eigenvalue weighted by Gasteiger charge is -2.28. The van der Waals surface area contributed by atoms with Gasteiger partial charge < -0.3 is 10.2 Å². The summed E-state index contributed by atoms with van der Waals surface area (Å²) in [7, 11) is 1.83. The van der Waals surface area contributed by atoms with Gasteiger partial charge in [0.05, 0.1) is 0 Å². The Bertz CT molecular complexity index is 639. The Kier molecular flexibility index (Phi) is 3.37. The number of nitrogens with zero attached hydrogens (tertiary/aromatic N) is 2. The Morgan fingerprint density at radius 2 is 2.05 bits per heavy atom. The Hall–Kier alpha value is -2.36. The lowest BCUT2D eigenvalue weighted by Crippen LogP contribution is -2.36. The van der Waals surface area contributed by atoms with Crippen LogP contribution in [0.2, 0.25) is 0 Å². The minimum Gasteiger partial charge on any atom is -0.388 e. The molecule has 0 spiro atoms. The van der Waals surface area contributed by atoms with Gasteiger partial charge in [0.1, 0.15) is 5.69 Å². The summed E-state index contributed by atoms with van der Waals surface area (Å²) < 4.78 is 0. The zero-order valence-electron chi connectivity index (χ0n) is 11.5.